The van der Waals surface area contributed by atoms with Crippen LogP contribution in [0.2, 0.25) is 0 Å². The molecule has 0 bridgehead atoms. The maximum absolute atomic E-state index is 11.5. The first-order valence-electron chi connectivity index (χ1n) is 5.93. The van der Waals surface area contributed by atoms with Gasteiger partial charge in [0.25, 0.3) is 11.6 Å². The van der Waals surface area contributed by atoms with Crippen LogP contribution in [-0.2, 0) is 0 Å². The first-order valence-corrected chi connectivity index (χ1v) is 5.93. The lowest BCUT2D eigenvalue weighted by molar-refractivity contribution is -0.384. The number of nitrogens with two attached hydrogens (primary N) is 1. The lowest BCUT2D eigenvalue weighted by Crippen LogP contribution is -2.23. The van der Waals surface area contributed by atoms with E-state index in [9.17, 15) is 14.9 Å². The Labute approximate surface area is 111 Å². The molecule has 0 heterocycles. The molecule has 0 radical (unpaired) electrons. The molecule has 1 amide bonds. The minimum Gasteiger partial charge on any atom is -0.369 e. The van der Waals surface area contributed by atoms with E-state index in [4.69, 9.17) is 5.73 Å². The third-order valence-electron chi connectivity index (χ3n) is 2.77. The molecule has 1 aromatic carbocycles. The summed E-state index contributed by atoms with van der Waals surface area (Å²) < 4.78 is 0. The second-order valence-corrected chi connectivity index (χ2v) is 4.10. The van der Waals surface area contributed by atoms with Crippen molar-refractivity contribution in [3.8, 4) is 0 Å². The Morgan fingerprint density at radius 1 is 1.53 bits per heavy atom. The van der Waals surface area contributed by atoms with E-state index in [0.717, 1.165) is 6.42 Å². The normalized spacial score (nSPS) is 10.1. The quantitative estimate of drug-likeness (QED) is 0.584. The first kappa shape index (κ1) is 14.9. The summed E-state index contributed by atoms with van der Waals surface area (Å²) in [6.45, 7) is 1.14. The van der Waals surface area contributed by atoms with Crippen LogP contribution < -0.4 is 16.0 Å². The molecule has 0 saturated carbocycles. The average Bonchev–Trinajstić information content (AvgIpc) is 2.43. The van der Waals surface area contributed by atoms with Gasteiger partial charge in [0.05, 0.1) is 4.92 Å². The molecule has 0 atom stereocenters. The highest BCUT2D eigenvalue weighted by molar-refractivity contribution is 5.95. The van der Waals surface area contributed by atoms with Crippen LogP contribution in [0.5, 0.6) is 0 Å². The van der Waals surface area contributed by atoms with Gasteiger partial charge in [0.15, 0.2) is 0 Å². The van der Waals surface area contributed by atoms with Crippen molar-refractivity contribution in [2.45, 2.75) is 6.42 Å². The molecule has 0 aromatic heterocycles. The number of nitro benzene ring substituents is 1. The molecule has 0 aliphatic carbocycles. The van der Waals surface area contributed by atoms with Gasteiger partial charge in [-0.25, -0.2) is 0 Å². The van der Waals surface area contributed by atoms with Crippen molar-refractivity contribution in [1.29, 1.82) is 0 Å². The summed E-state index contributed by atoms with van der Waals surface area (Å²) in [6.07, 6.45) is 0.741. The molecule has 0 saturated heterocycles. The minimum absolute atomic E-state index is 0.0828. The number of carbonyl (C=O) groups is 1. The van der Waals surface area contributed by atoms with Gasteiger partial charge in [0.1, 0.15) is 5.69 Å². The van der Waals surface area contributed by atoms with Gasteiger partial charge >= 0.3 is 0 Å². The Morgan fingerprint density at radius 3 is 2.74 bits per heavy atom. The van der Waals surface area contributed by atoms with Crippen molar-refractivity contribution < 1.29 is 9.72 Å². The van der Waals surface area contributed by atoms with E-state index in [1.54, 1.807) is 24.1 Å². The molecule has 0 unspecified atom stereocenters. The van der Waals surface area contributed by atoms with E-state index >= 15 is 0 Å². The Morgan fingerprint density at radius 2 is 2.21 bits per heavy atom. The van der Waals surface area contributed by atoms with Gasteiger partial charge in [0, 0.05) is 32.3 Å². The molecule has 3 N–H and O–H groups in total. The van der Waals surface area contributed by atoms with Gasteiger partial charge in [-0.05, 0) is 25.1 Å². The lowest BCUT2D eigenvalue weighted by Gasteiger charge is -2.19. The molecule has 104 valence electrons. The zero-order chi connectivity index (χ0) is 14.4. The first-order chi connectivity index (χ1) is 9.01. The maximum atomic E-state index is 11.5. The standard InChI is InChI=1S/C12H18N4O3/c1-14-12(17)9-4-5-10(11(8-9)16(18)19)15(2)7-3-6-13/h4-5,8H,3,6-7,13H2,1-2H3,(H,14,17). The van der Waals surface area contributed by atoms with Gasteiger partial charge in [-0.2, -0.15) is 0 Å². The van der Waals surface area contributed by atoms with Crippen LogP contribution in [0.1, 0.15) is 16.8 Å². The van der Waals surface area contributed by atoms with Crippen LogP contribution in [0.3, 0.4) is 0 Å². The topological polar surface area (TPSA) is 102 Å². The van der Waals surface area contributed by atoms with E-state index in [0.29, 0.717) is 18.8 Å². The number of rotatable bonds is 6. The van der Waals surface area contributed by atoms with Crippen LogP contribution in [0.15, 0.2) is 18.2 Å². The maximum Gasteiger partial charge on any atom is 0.293 e. The van der Waals surface area contributed by atoms with Gasteiger partial charge in [-0.3, -0.25) is 14.9 Å². The van der Waals surface area contributed by atoms with E-state index in [2.05, 4.69) is 5.32 Å². The Kier molecular flexibility index (Phi) is 5.25. The molecular weight excluding hydrogens is 248 g/mol. The summed E-state index contributed by atoms with van der Waals surface area (Å²) in [4.78, 5) is 23.8. The van der Waals surface area contributed by atoms with Crippen LogP contribution in [-0.4, -0.2) is 38.0 Å². The number of hydrogen-bond acceptors (Lipinski definition) is 5. The number of benzene rings is 1. The summed E-state index contributed by atoms with van der Waals surface area (Å²) in [5, 5.41) is 13.5. The monoisotopic (exact) mass is 266 g/mol. The molecule has 0 aliphatic rings. The fourth-order valence-electron chi connectivity index (χ4n) is 1.73. The summed E-state index contributed by atoms with van der Waals surface area (Å²) in [5.74, 6) is -0.348. The largest absolute Gasteiger partial charge is 0.369 e. The molecule has 0 spiro atoms. The fraction of sp³-hybridized carbons (Fsp3) is 0.417. The SMILES string of the molecule is CNC(=O)c1ccc(N(C)CCCN)c([N+](=O)[O-])c1. The number of nitrogens with zero attached hydrogens (tertiary/aromatic N) is 2. The van der Waals surface area contributed by atoms with Crippen molar-refractivity contribution in [1.82, 2.24) is 5.32 Å². The average molecular weight is 266 g/mol. The third kappa shape index (κ3) is 3.65. The number of anilines is 1. The van der Waals surface area contributed by atoms with Crippen molar-refractivity contribution in [3.05, 3.63) is 33.9 Å². The summed E-state index contributed by atoms with van der Waals surface area (Å²) in [7, 11) is 3.24. The minimum atomic E-state index is -0.485. The number of nitrogens with one attached hydrogen (secondary N) is 1. The predicted molar refractivity (Wildman–Crippen MR) is 73.4 cm³/mol. The van der Waals surface area contributed by atoms with Gasteiger partial charge in [0.2, 0.25) is 0 Å². The van der Waals surface area contributed by atoms with Crippen molar-refractivity contribution in [2.75, 3.05) is 32.1 Å². The molecular formula is C12H18N4O3. The highest BCUT2D eigenvalue weighted by Crippen LogP contribution is 2.28. The van der Waals surface area contributed by atoms with Crippen LogP contribution in [0, 0.1) is 10.1 Å². The van der Waals surface area contributed by atoms with Crippen LogP contribution in [0.4, 0.5) is 11.4 Å². The van der Waals surface area contributed by atoms with Crippen molar-refractivity contribution in [3.63, 3.8) is 0 Å². The molecule has 0 fully saturated rings. The lowest BCUT2D eigenvalue weighted by atomic mass is 10.1. The molecule has 7 heteroatoms. The van der Waals surface area contributed by atoms with E-state index in [-0.39, 0.29) is 17.2 Å². The van der Waals surface area contributed by atoms with E-state index < -0.39 is 4.92 Å². The smallest absolute Gasteiger partial charge is 0.293 e. The second kappa shape index (κ2) is 6.69. The molecule has 7 nitrogen and oxygen atoms in total. The zero-order valence-corrected chi connectivity index (χ0v) is 11.0. The summed E-state index contributed by atoms with van der Waals surface area (Å²) in [6, 6.07) is 4.44. The number of amides is 1. The third-order valence-corrected chi connectivity index (χ3v) is 2.77. The number of hydrogen-bond donors (Lipinski definition) is 2. The Bertz CT molecular complexity index is 476. The predicted octanol–water partition coefficient (Wildman–Crippen LogP) is 0.739. The second-order valence-electron chi connectivity index (χ2n) is 4.10. The van der Waals surface area contributed by atoms with Crippen molar-refractivity contribution in [2.24, 2.45) is 5.73 Å². The highest BCUT2D eigenvalue weighted by atomic mass is 16.6. The van der Waals surface area contributed by atoms with Gasteiger partial charge in [-0.15, -0.1) is 0 Å². The van der Waals surface area contributed by atoms with E-state index in [1.807, 2.05) is 0 Å². The molecule has 0 aliphatic heterocycles. The van der Waals surface area contributed by atoms with Crippen LogP contribution in [0.25, 0.3) is 0 Å². The zero-order valence-electron chi connectivity index (χ0n) is 11.0. The van der Waals surface area contributed by atoms with E-state index in [1.165, 1.54) is 13.1 Å². The van der Waals surface area contributed by atoms with Crippen molar-refractivity contribution >= 4 is 17.3 Å². The highest BCUT2D eigenvalue weighted by Gasteiger charge is 2.19. The number of carbonyl (C=O) groups excluding carboxylic acids is 1. The Balaban J connectivity index is 3.11. The number of nitro groups is 1. The van der Waals surface area contributed by atoms with Gasteiger partial charge in [-0.1, -0.05) is 0 Å². The Hall–Kier alpha value is -2.15. The summed E-state index contributed by atoms with van der Waals surface area (Å²) >= 11 is 0. The van der Waals surface area contributed by atoms with Gasteiger partial charge < -0.3 is 16.0 Å². The molecule has 1 rings (SSSR count). The molecule has 1 aromatic rings. The molecule has 19 heavy (non-hydrogen) atoms. The fourth-order valence-corrected chi connectivity index (χ4v) is 1.73. The van der Waals surface area contributed by atoms with Crippen LogP contribution >= 0.6 is 0 Å². The summed E-state index contributed by atoms with van der Waals surface area (Å²) in [5.41, 5.74) is 6.08.